The van der Waals surface area contributed by atoms with Crippen LogP contribution in [0.2, 0.25) is 0 Å². The zero-order chi connectivity index (χ0) is 13.5. The number of halogens is 3. The van der Waals surface area contributed by atoms with Gasteiger partial charge in [0, 0.05) is 25.3 Å². The van der Waals surface area contributed by atoms with E-state index in [-0.39, 0.29) is 11.6 Å². The highest BCUT2D eigenvalue weighted by Crippen LogP contribution is 2.23. The number of hydrogen-bond acceptors (Lipinski definition) is 2. The van der Waals surface area contributed by atoms with E-state index in [0.29, 0.717) is 17.5 Å². The van der Waals surface area contributed by atoms with Gasteiger partial charge in [0.1, 0.15) is 11.6 Å². The maximum absolute atomic E-state index is 13.8. The first kappa shape index (κ1) is 15.5. The zero-order valence-corrected chi connectivity index (χ0v) is 12.2. The first-order valence-corrected chi connectivity index (χ1v) is 6.68. The van der Waals surface area contributed by atoms with Crippen LogP contribution in [-0.2, 0) is 11.2 Å². The van der Waals surface area contributed by atoms with Gasteiger partial charge in [-0.1, -0.05) is 0 Å². The van der Waals surface area contributed by atoms with Gasteiger partial charge in [0.25, 0.3) is 0 Å². The van der Waals surface area contributed by atoms with Crippen LogP contribution in [-0.4, -0.2) is 26.8 Å². The summed E-state index contributed by atoms with van der Waals surface area (Å²) in [6.45, 7) is 0.654. The molecule has 0 aromatic heterocycles. The largest absolute Gasteiger partial charge is 0.385 e. The van der Waals surface area contributed by atoms with Crippen LogP contribution in [0.15, 0.2) is 16.6 Å². The van der Waals surface area contributed by atoms with E-state index in [9.17, 15) is 8.78 Å². The van der Waals surface area contributed by atoms with Crippen molar-refractivity contribution in [2.24, 2.45) is 0 Å². The van der Waals surface area contributed by atoms with Crippen molar-refractivity contribution in [1.29, 1.82) is 0 Å². The molecular weight excluding hydrogens is 304 g/mol. The summed E-state index contributed by atoms with van der Waals surface area (Å²) in [7, 11) is 3.44. The van der Waals surface area contributed by atoms with Gasteiger partial charge in [0.05, 0.1) is 4.47 Å². The van der Waals surface area contributed by atoms with Crippen molar-refractivity contribution in [3.8, 4) is 0 Å². The molecule has 0 bridgehead atoms. The van der Waals surface area contributed by atoms with Gasteiger partial charge < -0.3 is 10.1 Å². The molecule has 5 heteroatoms. The second kappa shape index (κ2) is 7.81. The van der Waals surface area contributed by atoms with Gasteiger partial charge in [0.15, 0.2) is 0 Å². The van der Waals surface area contributed by atoms with E-state index in [1.165, 1.54) is 12.1 Å². The van der Waals surface area contributed by atoms with Crippen molar-refractivity contribution >= 4 is 15.9 Å². The Morgan fingerprint density at radius 2 is 2.11 bits per heavy atom. The Balaban J connectivity index is 2.72. The molecular formula is C13H18BrF2NO. The van der Waals surface area contributed by atoms with E-state index < -0.39 is 11.6 Å². The number of methoxy groups -OCH3 is 1. The highest BCUT2D eigenvalue weighted by molar-refractivity contribution is 9.10. The summed E-state index contributed by atoms with van der Waals surface area (Å²) in [6.07, 6.45) is 2.01. The number of ether oxygens (including phenoxy) is 1. The molecule has 0 saturated heterocycles. The van der Waals surface area contributed by atoms with E-state index in [4.69, 9.17) is 4.74 Å². The van der Waals surface area contributed by atoms with Crippen LogP contribution in [0.4, 0.5) is 8.78 Å². The highest BCUT2D eigenvalue weighted by Gasteiger charge is 2.16. The maximum atomic E-state index is 13.8. The molecule has 18 heavy (non-hydrogen) atoms. The monoisotopic (exact) mass is 321 g/mol. The van der Waals surface area contributed by atoms with E-state index in [2.05, 4.69) is 21.2 Å². The Morgan fingerprint density at radius 1 is 1.39 bits per heavy atom. The number of nitrogens with one attached hydrogen (secondary N) is 1. The molecule has 0 aliphatic carbocycles. The third-order valence-corrected chi connectivity index (χ3v) is 3.51. The van der Waals surface area contributed by atoms with Crippen LogP contribution in [0.5, 0.6) is 0 Å². The van der Waals surface area contributed by atoms with Crippen LogP contribution < -0.4 is 5.32 Å². The van der Waals surface area contributed by atoms with Gasteiger partial charge in [-0.15, -0.1) is 0 Å². The minimum atomic E-state index is -0.512. The molecule has 0 aliphatic heterocycles. The van der Waals surface area contributed by atoms with E-state index in [0.717, 1.165) is 12.8 Å². The smallest absolute Gasteiger partial charge is 0.143 e. The molecule has 0 fully saturated rings. The topological polar surface area (TPSA) is 21.3 Å². The van der Waals surface area contributed by atoms with Gasteiger partial charge >= 0.3 is 0 Å². The summed E-state index contributed by atoms with van der Waals surface area (Å²) in [5.41, 5.74) is 0.126. The van der Waals surface area contributed by atoms with E-state index in [1.807, 2.05) is 0 Å². The van der Waals surface area contributed by atoms with Crippen LogP contribution >= 0.6 is 15.9 Å². The third kappa shape index (κ3) is 4.30. The number of hydrogen-bond donors (Lipinski definition) is 1. The number of likely N-dealkylation sites (N-methyl/N-ethyl adjacent to an activating group) is 1. The van der Waals surface area contributed by atoms with Crippen LogP contribution in [0, 0.1) is 11.6 Å². The zero-order valence-electron chi connectivity index (χ0n) is 10.6. The molecule has 0 saturated carbocycles. The summed E-state index contributed by atoms with van der Waals surface area (Å²) in [4.78, 5) is 0. The highest BCUT2D eigenvalue weighted by atomic mass is 79.9. The van der Waals surface area contributed by atoms with Crippen molar-refractivity contribution in [3.05, 3.63) is 33.8 Å². The average Bonchev–Trinajstić information content (AvgIpc) is 2.37. The molecule has 0 heterocycles. The molecule has 0 radical (unpaired) electrons. The predicted molar refractivity (Wildman–Crippen MR) is 71.7 cm³/mol. The lowest BCUT2D eigenvalue weighted by atomic mass is 10.0. The molecule has 1 unspecified atom stereocenters. The van der Waals surface area contributed by atoms with Crippen molar-refractivity contribution < 1.29 is 13.5 Å². The summed E-state index contributed by atoms with van der Waals surface area (Å²) in [5.74, 6) is -1.01. The predicted octanol–water partition coefficient (Wildman–Crippen LogP) is 3.28. The molecule has 1 rings (SSSR count). The van der Waals surface area contributed by atoms with Gasteiger partial charge in [0.2, 0.25) is 0 Å². The quantitative estimate of drug-likeness (QED) is 0.614. The van der Waals surface area contributed by atoms with E-state index in [1.54, 1.807) is 14.2 Å². The maximum Gasteiger partial charge on any atom is 0.143 e. The molecule has 0 amide bonds. The normalized spacial score (nSPS) is 12.7. The minimum Gasteiger partial charge on any atom is -0.385 e. The first-order chi connectivity index (χ1) is 8.60. The third-order valence-electron chi connectivity index (χ3n) is 2.90. The summed E-state index contributed by atoms with van der Waals surface area (Å²) in [6, 6.07) is 2.70. The molecule has 1 N–H and O–H groups in total. The second-order valence-electron chi connectivity index (χ2n) is 4.15. The molecule has 2 nitrogen and oxygen atoms in total. The van der Waals surface area contributed by atoms with Gasteiger partial charge in [-0.25, -0.2) is 8.78 Å². The van der Waals surface area contributed by atoms with Crippen molar-refractivity contribution in [2.75, 3.05) is 20.8 Å². The van der Waals surface area contributed by atoms with Crippen LogP contribution in [0.1, 0.15) is 18.4 Å². The molecule has 102 valence electrons. The Bertz CT molecular complexity index is 387. The van der Waals surface area contributed by atoms with Crippen LogP contribution in [0.25, 0.3) is 0 Å². The fraction of sp³-hybridized carbons (Fsp3) is 0.538. The fourth-order valence-corrected chi connectivity index (χ4v) is 2.20. The Labute approximate surface area is 115 Å². The minimum absolute atomic E-state index is 0.0402. The Kier molecular flexibility index (Phi) is 6.75. The Hall–Kier alpha value is -0.520. The van der Waals surface area contributed by atoms with Crippen molar-refractivity contribution in [3.63, 3.8) is 0 Å². The fourth-order valence-electron chi connectivity index (χ4n) is 1.83. The lowest BCUT2D eigenvalue weighted by Gasteiger charge is -2.17. The van der Waals surface area contributed by atoms with Gasteiger partial charge in [-0.2, -0.15) is 0 Å². The van der Waals surface area contributed by atoms with Gasteiger partial charge in [-0.05, 0) is 54.4 Å². The summed E-state index contributed by atoms with van der Waals surface area (Å²) < 4.78 is 32.7. The number of benzene rings is 1. The lowest BCUT2D eigenvalue weighted by molar-refractivity contribution is 0.189. The number of rotatable bonds is 7. The molecule has 1 aromatic carbocycles. The summed E-state index contributed by atoms with van der Waals surface area (Å²) >= 11 is 3.07. The second-order valence-corrected chi connectivity index (χ2v) is 5.00. The molecule has 1 aromatic rings. The van der Waals surface area contributed by atoms with E-state index >= 15 is 0 Å². The van der Waals surface area contributed by atoms with Gasteiger partial charge in [-0.3, -0.25) is 0 Å². The summed E-state index contributed by atoms with van der Waals surface area (Å²) in [5, 5.41) is 3.08. The standard InChI is InChI=1S/C13H18BrF2NO/c1-17-9(4-3-7-18-2)8-10-12(15)6-5-11(14)13(10)16/h5-6,9,17H,3-4,7-8H2,1-2H3. The molecule has 1 atom stereocenters. The van der Waals surface area contributed by atoms with Crippen molar-refractivity contribution in [1.82, 2.24) is 5.32 Å². The lowest BCUT2D eigenvalue weighted by Crippen LogP contribution is -2.28. The van der Waals surface area contributed by atoms with Crippen LogP contribution in [0.3, 0.4) is 0 Å². The molecule has 0 aliphatic rings. The Morgan fingerprint density at radius 3 is 2.72 bits per heavy atom. The SMILES string of the molecule is CNC(CCCOC)Cc1c(F)ccc(Br)c1F. The van der Waals surface area contributed by atoms with Crippen molar-refractivity contribution in [2.45, 2.75) is 25.3 Å². The molecule has 0 spiro atoms. The first-order valence-electron chi connectivity index (χ1n) is 5.88. The average molecular weight is 322 g/mol.